The number of benzene rings is 1. The zero-order valence-corrected chi connectivity index (χ0v) is 14.9. The fraction of sp³-hybridized carbons (Fsp3) is 0.125. The molecule has 2 N–H and O–H groups in total. The fourth-order valence-electron chi connectivity index (χ4n) is 1.81. The maximum atomic E-state index is 12.3. The van der Waals surface area contributed by atoms with Gasteiger partial charge in [-0.25, -0.2) is 13.2 Å². The van der Waals surface area contributed by atoms with Crippen LogP contribution < -0.4 is 10.0 Å². The summed E-state index contributed by atoms with van der Waals surface area (Å²) >= 11 is 1.10. The number of anilines is 2. The highest BCUT2D eigenvalue weighted by molar-refractivity contribution is 7.94. The quantitative estimate of drug-likeness (QED) is 0.436. The van der Waals surface area contributed by atoms with Crippen LogP contribution >= 0.6 is 11.3 Å². The van der Waals surface area contributed by atoms with E-state index in [1.807, 2.05) is 0 Å². The Kier molecular flexibility index (Phi) is 6.16. The van der Waals surface area contributed by atoms with E-state index in [1.54, 1.807) is 48.7 Å². The molecule has 0 fully saturated rings. The molecule has 9 heteroatoms. The molecule has 2 aromatic rings. The summed E-state index contributed by atoms with van der Waals surface area (Å²) in [7, 11) is -3.71. The second kappa shape index (κ2) is 8.32. The minimum absolute atomic E-state index is 0.148. The first kappa shape index (κ1) is 18.5. The number of hydrogen-bond acceptors (Lipinski definition) is 7. The lowest BCUT2D eigenvalue weighted by atomic mass is 10.2. The smallest absolute Gasteiger partial charge is 0.350 e. The Morgan fingerprint density at radius 2 is 2.00 bits per heavy atom. The van der Waals surface area contributed by atoms with Crippen LogP contribution in [0.1, 0.15) is 6.92 Å². The molecule has 0 aliphatic rings. The number of para-hydroxylation sites is 2. The number of hydrogen-bond donors (Lipinski definition) is 2. The van der Waals surface area contributed by atoms with Crippen LogP contribution in [-0.4, -0.2) is 21.0 Å². The third-order valence-corrected chi connectivity index (χ3v) is 5.68. The van der Waals surface area contributed by atoms with Gasteiger partial charge < -0.3 is 10.1 Å². The molecule has 2 rings (SSSR count). The largest absolute Gasteiger partial charge is 0.462 e. The molecule has 0 radical (unpaired) electrons. The van der Waals surface area contributed by atoms with E-state index < -0.39 is 16.0 Å². The van der Waals surface area contributed by atoms with Crippen molar-refractivity contribution < 1.29 is 17.9 Å². The summed E-state index contributed by atoms with van der Waals surface area (Å²) in [6.07, 6.45) is 1.18. The Hall–Kier alpha value is -2.83. The van der Waals surface area contributed by atoms with Crippen molar-refractivity contribution >= 4 is 38.7 Å². The van der Waals surface area contributed by atoms with E-state index in [0.29, 0.717) is 5.69 Å². The number of thiophene rings is 1. The maximum absolute atomic E-state index is 12.3. The molecule has 7 nitrogen and oxygen atoms in total. The zero-order valence-electron chi connectivity index (χ0n) is 13.2. The van der Waals surface area contributed by atoms with Crippen LogP contribution in [0.3, 0.4) is 0 Å². The molecule has 0 aliphatic heterocycles. The van der Waals surface area contributed by atoms with Crippen LogP contribution in [0.25, 0.3) is 0 Å². The first-order valence-electron chi connectivity index (χ1n) is 7.17. The van der Waals surface area contributed by atoms with E-state index in [4.69, 9.17) is 10.00 Å². The summed E-state index contributed by atoms with van der Waals surface area (Å²) in [6.45, 7) is 1.78. The SMILES string of the molecule is CCOC(=O)/C(C#N)=C/Nc1ccccc1NS(=O)(=O)c1cccs1. The number of carbonyl (C=O) groups excluding carboxylic acids is 1. The zero-order chi connectivity index (χ0) is 18.3. The van der Waals surface area contributed by atoms with Crippen molar-refractivity contribution in [1.82, 2.24) is 0 Å². The molecule has 1 aromatic carbocycles. The molecule has 0 aliphatic carbocycles. The highest BCUT2D eigenvalue weighted by Crippen LogP contribution is 2.26. The number of carbonyl (C=O) groups is 1. The maximum Gasteiger partial charge on any atom is 0.350 e. The van der Waals surface area contributed by atoms with Gasteiger partial charge in [0, 0.05) is 6.20 Å². The Balaban J connectivity index is 2.24. The van der Waals surface area contributed by atoms with Gasteiger partial charge >= 0.3 is 5.97 Å². The van der Waals surface area contributed by atoms with Gasteiger partial charge in [0.25, 0.3) is 10.0 Å². The Morgan fingerprint density at radius 3 is 2.60 bits per heavy atom. The van der Waals surface area contributed by atoms with E-state index in [9.17, 15) is 13.2 Å². The number of ether oxygens (including phenoxy) is 1. The Bertz CT molecular complexity index is 913. The average molecular weight is 377 g/mol. The number of nitrogens with zero attached hydrogens (tertiary/aromatic N) is 1. The van der Waals surface area contributed by atoms with Crippen molar-refractivity contribution in [3.63, 3.8) is 0 Å². The molecule has 0 spiro atoms. The van der Waals surface area contributed by atoms with E-state index in [2.05, 4.69) is 10.0 Å². The summed E-state index contributed by atoms with van der Waals surface area (Å²) in [5.74, 6) is -0.755. The van der Waals surface area contributed by atoms with Crippen molar-refractivity contribution in [2.45, 2.75) is 11.1 Å². The molecule has 0 amide bonds. The van der Waals surface area contributed by atoms with E-state index in [-0.39, 0.29) is 22.1 Å². The number of esters is 1. The first-order chi connectivity index (χ1) is 12.0. The number of rotatable bonds is 7. The fourth-order valence-corrected chi connectivity index (χ4v) is 3.88. The molecule has 130 valence electrons. The molecule has 25 heavy (non-hydrogen) atoms. The summed E-state index contributed by atoms with van der Waals surface area (Å²) in [5.41, 5.74) is 0.450. The molecule has 1 heterocycles. The monoisotopic (exact) mass is 377 g/mol. The highest BCUT2D eigenvalue weighted by atomic mass is 32.2. The van der Waals surface area contributed by atoms with Gasteiger partial charge in [-0.05, 0) is 30.5 Å². The van der Waals surface area contributed by atoms with Gasteiger partial charge in [-0.1, -0.05) is 18.2 Å². The molecule has 0 bridgehead atoms. The summed E-state index contributed by atoms with van der Waals surface area (Å²) in [4.78, 5) is 11.6. The van der Waals surface area contributed by atoms with Gasteiger partial charge in [0.05, 0.1) is 18.0 Å². The second-order valence-electron chi connectivity index (χ2n) is 4.62. The summed E-state index contributed by atoms with van der Waals surface area (Å²) in [5, 5.41) is 13.4. The van der Waals surface area contributed by atoms with Gasteiger partial charge in [-0.2, -0.15) is 5.26 Å². The molecule has 0 unspecified atom stereocenters. The minimum atomic E-state index is -3.71. The predicted octanol–water partition coefficient (Wildman–Crippen LogP) is 2.93. The molecule has 0 saturated carbocycles. The number of sulfonamides is 1. The van der Waals surface area contributed by atoms with E-state index in [0.717, 1.165) is 11.3 Å². The van der Waals surface area contributed by atoms with Crippen molar-refractivity contribution in [3.8, 4) is 6.07 Å². The van der Waals surface area contributed by atoms with Gasteiger partial charge in [0.1, 0.15) is 10.3 Å². The van der Waals surface area contributed by atoms with Crippen molar-refractivity contribution in [2.24, 2.45) is 0 Å². The molecular weight excluding hydrogens is 362 g/mol. The number of nitriles is 1. The van der Waals surface area contributed by atoms with Crippen molar-refractivity contribution in [2.75, 3.05) is 16.6 Å². The Labute approximate surface area is 149 Å². The topological polar surface area (TPSA) is 108 Å². The summed E-state index contributed by atoms with van der Waals surface area (Å²) in [6, 6.07) is 11.4. The lowest BCUT2D eigenvalue weighted by Crippen LogP contribution is -2.13. The van der Waals surface area contributed by atoms with Crippen molar-refractivity contribution in [3.05, 3.63) is 53.6 Å². The standard InChI is InChI=1S/C16H15N3O4S2/c1-2-23-16(20)12(10-17)11-18-13-6-3-4-7-14(13)19-25(21,22)15-8-5-9-24-15/h3-9,11,18-19H,2H2,1H3/b12-11+. The lowest BCUT2D eigenvalue weighted by Gasteiger charge is -2.11. The Morgan fingerprint density at radius 1 is 1.28 bits per heavy atom. The first-order valence-corrected chi connectivity index (χ1v) is 9.53. The van der Waals surface area contributed by atoms with Crippen LogP contribution in [-0.2, 0) is 19.6 Å². The second-order valence-corrected chi connectivity index (χ2v) is 7.47. The third kappa shape index (κ3) is 4.82. The van der Waals surface area contributed by atoms with Crippen LogP contribution in [0.4, 0.5) is 11.4 Å². The van der Waals surface area contributed by atoms with Crippen LogP contribution in [0.2, 0.25) is 0 Å². The molecular formula is C16H15N3O4S2. The van der Waals surface area contributed by atoms with Gasteiger partial charge in [-0.15, -0.1) is 11.3 Å². The number of nitrogens with one attached hydrogen (secondary N) is 2. The van der Waals surface area contributed by atoms with E-state index >= 15 is 0 Å². The van der Waals surface area contributed by atoms with Crippen LogP contribution in [0.15, 0.2) is 57.8 Å². The van der Waals surface area contributed by atoms with Crippen molar-refractivity contribution in [1.29, 1.82) is 5.26 Å². The minimum Gasteiger partial charge on any atom is -0.462 e. The molecule has 0 atom stereocenters. The van der Waals surface area contributed by atoms with Gasteiger partial charge in [0.15, 0.2) is 5.57 Å². The average Bonchev–Trinajstić information content (AvgIpc) is 3.12. The normalized spacial score (nSPS) is 11.4. The lowest BCUT2D eigenvalue weighted by molar-refractivity contribution is -0.138. The van der Waals surface area contributed by atoms with Gasteiger partial charge in [-0.3, -0.25) is 4.72 Å². The highest BCUT2D eigenvalue weighted by Gasteiger charge is 2.17. The third-order valence-electron chi connectivity index (χ3n) is 2.92. The molecule has 1 aromatic heterocycles. The van der Waals surface area contributed by atoms with Crippen LogP contribution in [0, 0.1) is 11.3 Å². The predicted molar refractivity (Wildman–Crippen MR) is 95.5 cm³/mol. The van der Waals surface area contributed by atoms with E-state index in [1.165, 1.54) is 12.3 Å². The summed E-state index contributed by atoms with van der Waals surface area (Å²) < 4.78 is 32.1. The molecule has 0 saturated heterocycles. The van der Waals surface area contributed by atoms with Crippen LogP contribution in [0.5, 0.6) is 0 Å². The van der Waals surface area contributed by atoms with Gasteiger partial charge in [0.2, 0.25) is 0 Å².